The Morgan fingerprint density at radius 3 is 2.79 bits per heavy atom. The van der Waals surface area contributed by atoms with Crippen molar-refractivity contribution in [2.45, 2.75) is 37.2 Å². The molecule has 78 valence electrons. The molecule has 1 aromatic rings. The molecule has 0 radical (unpaired) electrons. The first-order chi connectivity index (χ1) is 6.77. The molecule has 1 aliphatic rings. The van der Waals surface area contributed by atoms with Gasteiger partial charge in [0.05, 0.1) is 17.3 Å². The summed E-state index contributed by atoms with van der Waals surface area (Å²) >= 11 is 1.62. The van der Waals surface area contributed by atoms with E-state index in [-0.39, 0.29) is 11.5 Å². The second-order valence-electron chi connectivity index (χ2n) is 4.09. The number of hydrogen-bond donors (Lipinski definition) is 2. The van der Waals surface area contributed by atoms with Crippen LogP contribution in [0.4, 0.5) is 0 Å². The normalized spacial score (nSPS) is 33.1. The van der Waals surface area contributed by atoms with Gasteiger partial charge in [0, 0.05) is 17.3 Å². The van der Waals surface area contributed by atoms with Gasteiger partial charge in [-0.05, 0) is 25.7 Å². The van der Waals surface area contributed by atoms with Crippen LogP contribution in [0.3, 0.4) is 0 Å². The zero-order chi connectivity index (χ0) is 10.0. The molecule has 14 heavy (non-hydrogen) atoms. The third kappa shape index (κ3) is 1.69. The second-order valence-corrected chi connectivity index (χ2v) is 4.81. The Kier molecular flexibility index (Phi) is 2.85. The average Bonchev–Trinajstić information content (AvgIpc) is 2.73. The van der Waals surface area contributed by atoms with Crippen LogP contribution in [0, 0.1) is 0 Å². The van der Waals surface area contributed by atoms with Gasteiger partial charge in [-0.15, -0.1) is 11.3 Å². The van der Waals surface area contributed by atoms with E-state index in [4.69, 9.17) is 5.73 Å². The lowest BCUT2D eigenvalue weighted by atomic mass is 9.71. The van der Waals surface area contributed by atoms with Crippen LogP contribution in [-0.4, -0.2) is 22.7 Å². The number of aliphatic hydroxyl groups excluding tert-OH is 1. The number of aliphatic hydroxyl groups is 1. The lowest BCUT2D eigenvalue weighted by Crippen LogP contribution is -2.40. The first-order valence-corrected chi connectivity index (χ1v) is 5.98. The molecule has 3 N–H and O–H groups in total. The number of nitrogens with zero attached hydrogens (tertiary/aromatic N) is 1. The van der Waals surface area contributed by atoms with Crippen molar-refractivity contribution in [2.75, 3.05) is 6.54 Å². The summed E-state index contributed by atoms with van der Waals surface area (Å²) in [5.41, 5.74) is 8.88. The van der Waals surface area contributed by atoms with Crippen molar-refractivity contribution in [1.82, 2.24) is 4.98 Å². The van der Waals surface area contributed by atoms with E-state index >= 15 is 0 Å². The van der Waals surface area contributed by atoms with E-state index in [0.29, 0.717) is 6.54 Å². The monoisotopic (exact) mass is 212 g/mol. The topological polar surface area (TPSA) is 59.1 Å². The molecule has 3 nitrogen and oxygen atoms in total. The van der Waals surface area contributed by atoms with E-state index < -0.39 is 0 Å². The van der Waals surface area contributed by atoms with Gasteiger partial charge < -0.3 is 10.8 Å². The summed E-state index contributed by atoms with van der Waals surface area (Å²) in [7, 11) is 0. The van der Waals surface area contributed by atoms with Gasteiger partial charge in [-0.3, -0.25) is 0 Å². The molecule has 1 aliphatic carbocycles. The first kappa shape index (κ1) is 10.1. The van der Waals surface area contributed by atoms with E-state index in [1.54, 1.807) is 11.3 Å². The molecule has 1 saturated carbocycles. The Balaban J connectivity index is 2.19. The fourth-order valence-corrected chi connectivity index (χ4v) is 2.87. The average molecular weight is 212 g/mol. The maximum Gasteiger partial charge on any atom is 0.0794 e. The summed E-state index contributed by atoms with van der Waals surface area (Å²) in [6, 6.07) is 0. The highest BCUT2D eigenvalue weighted by molar-refractivity contribution is 7.07. The Labute approximate surface area is 88.0 Å². The van der Waals surface area contributed by atoms with Gasteiger partial charge in [-0.2, -0.15) is 0 Å². The third-order valence-electron chi connectivity index (χ3n) is 3.28. The van der Waals surface area contributed by atoms with Crippen molar-refractivity contribution >= 4 is 11.3 Å². The molecule has 0 amide bonds. The van der Waals surface area contributed by atoms with Gasteiger partial charge in [0.25, 0.3) is 0 Å². The van der Waals surface area contributed by atoms with Gasteiger partial charge in [0.2, 0.25) is 0 Å². The van der Waals surface area contributed by atoms with Crippen LogP contribution < -0.4 is 5.73 Å². The highest BCUT2D eigenvalue weighted by Gasteiger charge is 2.36. The molecule has 0 aromatic carbocycles. The number of nitrogens with two attached hydrogens (primary N) is 1. The summed E-state index contributed by atoms with van der Waals surface area (Å²) in [5.74, 6) is 0. The van der Waals surface area contributed by atoms with Crippen LogP contribution >= 0.6 is 11.3 Å². The molecule has 0 saturated heterocycles. The van der Waals surface area contributed by atoms with Crippen LogP contribution in [0.1, 0.15) is 31.4 Å². The number of rotatable bonds is 2. The minimum absolute atomic E-state index is 0.0409. The SMILES string of the molecule is NCC1(c2cscn2)CCC(O)CC1. The van der Waals surface area contributed by atoms with Crippen molar-refractivity contribution in [2.24, 2.45) is 5.73 Å². The van der Waals surface area contributed by atoms with Crippen LogP contribution in [0.15, 0.2) is 10.9 Å². The molecule has 0 aliphatic heterocycles. The van der Waals surface area contributed by atoms with Gasteiger partial charge in [-0.1, -0.05) is 0 Å². The highest BCUT2D eigenvalue weighted by Crippen LogP contribution is 2.38. The summed E-state index contributed by atoms with van der Waals surface area (Å²) in [6.45, 7) is 0.642. The summed E-state index contributed by atoms with van der Waals surface area (Å²) in [5, 5.41) is 11.6. The Hall–Kier alpha value is -0.450. The number of hydrogen-bond acceptors (Lipinski definition) is 4. The zero-order valence-electron chi connectivity index (χ0n) is 8.15. The molecule has 1 heterocycles. The Morgan fingerprint density at radius 2 is 2.29 bits per heavy atom. The predicted molar refractivity (Wildman–Crippen MR) is 57.3 cm³/mol. The van der Waals surface area contributed by atoms with E-state index in [2.05, 4.69) is 10.4 Å². The van der Waals surface area contributed by atoms with Gasteiger partial charge in [0.1, 0.15) is 0 Å². The molecule has 0 unspecified atom stereocenters. The van der Waals surface area contributed by atoms with E-state index in [9.17, 15) is 5.11 Å². The number of aromatic nitrogens is 1. The molecule has 0 bridgehead atoms. The minimum atomic E-state index is -0.131. The van der Waals surface area contributed by atoms with E-state index in [0.717, 1.165) is 31.4 Å². The van der Waals surface area contributed by atoms with Crippen molar-refractivity contribution in [3.05, 3.63) is 16.6 Å². The van der Waals surface area contributed by atoms with Crippen molar-refractivity contribution in [3.8, 4) is 0 Å². The fraction of sp³-hybridized carbons (Fsp3) is 0.700. The van der Waals surface area contributed by atoms with Crippen molar-refractivity contribution in [3.63, 3.8) is 0 Å². The van der Waals surface area contributed by atoms with E-state index in [1.807, 2.05) is 5.51 Å². The quantitative estimate of drug-likeness (QED) is 0.776. The highest BCUT2D eigenvalue weighted by atomic mass is 32.1. The summed E-state index contributed by atoms with van der Waals surface area (Å²) in [6.07, 6.45) is 3.51. The lowest BCUT2D eigenvalue weighted by molar-refractivity contribution is 0.0964. The second kappa shape index (κ2) is 3.96. The maximum atomic E-state index is 9.48. The molecular weight excluding hydrogens is 196 g/mol. The molecule has 2 rings (SSSR count). The summed E-state index contributed by atoms with van der Waals surface area (Å²) in [4.78, 5) is 4.36. The largest absolute Gasteiger partial charge is 0.393 e. The lowest BCUT2D eigenvalue weighted by Gasteiger charge is -2.36. The molecule has 0 spiro atoms. The third-order valence-corrected chi connectivity index (χ3v) is 3.87. The zero-order valence-corrected chi connectivity index (χ0v) is 8.96. The van der Waals surface area contributed by atoms with Crippen molar-refractivity contribution in [1.29, 1.82) is 0 Å². The van der Waals surface area contributed by atoms with Gasteiger partial charge in [0.15, 0.2) is 0 Å². The van der Waals surface area contributed by atoms with E-state index in [1.165, 1.54) is 0 Å². The Morgan fingerprint density at radius 1 is 1.57 bits per heavy atom. The molecule has 1 fully saturated rings. The summed E-state index contributed by atoms with van der Waals surface area (Å²) < 4.78 is 0. The van der Waals surface area contributed by atoms with Crippen LogP contribution in [0.25, 0.3) is 0 Å². The van der Waals surface area contributed by atoms with Crippen LogP contribution in [-0.2, 0) is 5.41 Å². The standard InChI is InChI=1S/C10H16N2OS/c11-6-10(9-5-14-7-12-9)3-1-8(13)2-4-10/h5,7-8,13H,1-4,6,11H2. The van der Waals surface area contributed by atoms with Crippen molar-refractivity contribution < 1.29 is 5.11 Å². The number of thiazole rings is 1. The van der Waals surface area contributed by atoms with Crippen LogP contribution in [0.5, 0.6) is 0 Å². The fourth-order valence-electron chi connectivity index (χ4n) is 2.19. The minimum Gasteiger partial charge on any atom is -0.393 e. The smallest absolute Gasteiger partial charge is 0.0794 e. The molecule has 4 heteroatoms. The molecular formula is C10H16N2OS. The van der Waals surface area contributed by atoms with Gasteiger partial charge in [-0.25, -0.2) is 4.98 Å². The maximum absolute atomic E-state index is 9.48. The molecule has 0 atom stereocenters. The Bertz CT molecular complexity index is 278. The van der Waals surface area contributed by atoms with Gasteiger partial charge >= 0.3 is 0 Å². The van der Waals surface area contributed by atoms with Crippen LogP contribution in [0.2, 0.25) is 0 Å². The predicted octanol–water partition coefficient (Wildman–Crippen LogP) is 1.27. The first-order valence-electron chi connectivity index (χ1n) is 5.04. The molecule has 1 aromatic heterocycles.